The summed E-state index contributed by atoms with van der Waals surface area (Å²) < 4.78 is 0. The molecule has 1 nitrogen and oxygen atoms in total. The van der Waals surface area contributed by atoms with Gasteiger partial charge in [-0.15, -0.1) is 0 Å². The van der Waals surface area contributed by atoms with E-state index in [4.69, 9.17) is 0 Å². The van der Waals surface area contributed by atoms with E-state index in [1.165, 1.54) is 32.2 Å². The SMILES string of the molecule is CNCC1CC12CCC2. The van der Waals surface area contributed by atoms with E-state index in [0.29, 0.717) is 0 Å². The third-order valence-electron chi connectivity index (χ3n) is 3.16. The fraction of sp³-hybridized carbons (Fsp3) is 1.00. The average molecular weight is 125 g/mol. The molecule has 1 atom stereocenters. The Hall–Kier alpha value is -0.0400. The van der Waals surface area contributed by atoms with E-state index in [0.717, 1.165) is 11.3 Å². The fourth-order valence-corrected chi connectivity index (χ4v) is 2.21. The molecule has 2 aliphatic rings. The van der Waals surface area contributed by atoms with Crippen LogP contribution in [0, 0.1) is 11.3 Å². The summed E-state index contributed by atoms with van der Waals surface area (Å²) in [4.78, 5) is 0. The van der Waals surface area contributed by atoms with Crippen LogP contribution in [-0.4, -0.2) is 13.6 Å². The Labute approximate surface area is 56.8 Å². The van der Waals surface area contributed by atoms with Gasteiger partial charge < -0.3 is 5.32 Å². The number of hydrogen-bond donors (Lipinski definition) is 1. The average Bonchev–Trinajstić information content (AvgIpc) is 2.41. The molecule has 0 amide bonds. The maximum Gasteiger partial charge on any atom is -0.00180 e. The van der Waals surface area contributed by atoms with E-state index in [-0.39, 0.29) is 0 Å². The molecule has 1 unspecified atom stereocenters. The van der Waals surface area contributed by atoms with Crippen molar-refractivity contribution in [3.8, 4) is 0 Å². The van der Waals surface area contributed by atoms with E-state index >= 15 is 0 Å². The highest BCUT2D eigenvalue weighted by atomic mass is 14.8. The van der Waals surface area contributed by atoms with E-state index in [1.807, 2.05) is 0 Å². The number of nitrogens with one attached hydrogen (secondary N) is 1. The molecular formula is C8H15N. The molecule has 2 fully saturated rings. The Bertz CT molecular complexity index is 114. The summed E-state index contributed by atoms with van der Waals surface area (Å²) in [7, 11) is 2.06. The summed E-state index contributed by atoms with van der Waals surface area (Å²) in [5.41, 5.74) is 0.878. The van der Waals surface area contributed by atoms with E-state index < -0.39 is 0 Å². The van der Waals surface area contributed by atoms with Gasteiger partial charge in [-0.1, -0.05) is 6.42 Å². The Morgan fingerprint density at radius 3 is 2.67 bits per heavy atom. The highest BCUT2D eigenvalue weighted by Crippen LogP contribution is 2.65. The third kappa shape index (κ3) is 0.710. The van der Waals surface area contributed by atoms with Crippen molar-refractivity contribution in [2.75, 3.05) is 13.6 Å². The van der Waals surface area contributed by atoms with Crippen LogP contribution in [0.4, 0.5) is 0 Å². The summed E-state index contributed by atoms with van der Waals surface area (Å²) in [6.07, 6.45) is 6.08. The lowest BCUT2D eigenvalue weighted by Crippen LogP contribution is -2.20. The first kappa shape index (κ1) is 5.72. The second-order valence-electron chi connectivity index (χ2n) is 3.67. The molecule has 0 bridgehead atoms. The lowest BCUT2D eigenvalue weighted by atomic mass is 9.80. The zero-order chi connectivity index (χ0) is 6.32. The quantitative estimate of drug-likeness (QED) is 0.588. The van der Waals surface area contributed by atoms with Crippen LogP contribution in [0.3, 0.4) is 0 Å². The van der Waals surface area contributed by atoms with Gasteiger partial charge in [-0.3, -0.25) is 0 Å². The van der Waals surface area contributed by atoms with Gasteiger partial charge in [0, 0.05) is 0 Å². The van der Waals surface area contributed by atoms with Crippen molar-refractivity contribution < 1.29 is 0 Å². The molecule has 0 radical (unpaired) electrons. The predicted molar refractivity (Wildman–Crippen MR) is 38.3 cm³/mol. The standard InChI is InChI=1S/C8H15N/c1-9-6-7-5-8(7)3-2-4-8/h7,9H,2-6H2,1H3. The van der Waals surface area contributed by atoms with Crippen molar-refractivity contribution in [2.45, 2.75) is 25.7 Å². The molecule has 2 aliphatic carbocycles. The Kier molecular flexibility index (Phi) is 1.10. The predicted octanol–water partition coefficient (Wildman–Crippen LogP) is 1.40. The fourth-order valence-electron chi connectivity index (χ4n) is 2.21. The van der Waals surface area contributed by atoms with Crippen molar-refractivity contribution in [1.82, 2.24) is 5.32 Å². The van der Waals surface area contributed by atoms with Gasteiger partial charge in [-0.05, 0) is 44.2 Å². The van der Waals surface area contributed by atoms with Gasteiger partial charge in [-0.25, -0.2) is 0 Å². The van der Waals surface area contributed by atoms with Gasteiger partial charge in [0.15, 0.2) is 0 Å². The van der Waals surface area contributed by atoms with Crippen LogP contribution in [-0.2, 0) is 0 Å². The van der Waals surface area contributed by atoms with Gasteiger partial charge in [-0.2, -0.15) is 0 Å². The molecule has 52 valence electrons. The monoisotopic (exact) mass is 125 g/mol. The molecule has 1 heteroatoms. The van der Waals surface area contributed by atoms with Crippen molar-refractivity contribution in [3.05, 3.63) is 0 Å². The largest absolute Gasteiger partial charge is 0.319 e. The highest BCUT2D eigenvalue weighted by Gasteiger charge is 2.56. The van der Waals surface area contributed by atoms with Crippen LogP contribution in [0.1, 0.15) is 25.7 Å². The first-order valence-corrected chi connectivity index (χ1v) is 4.02. The zero-order valence-corrected chi connectivity index (χ0v) is 6.11. The first-order valence-electron chi connectivity index (χ1n) is 4.02. The summed E-state index contributed by atoms with van der Waals surface area (Å²) in [6.45, 7) is 1.26. The second-order valence-corrected chi connectivity index (χ2v) is 3.67. The van der Waals surface area contributed by atoms with Crippen LogP contribution in [0.2, 0.25) is 0 Å². The topological polar surface area (TPSA) is 12.0 Å². The maximum atomic E-state index is 3.25. The lowest BCUT2D eigenvalue weighted by Gasteiger charge is -2.26. The highest BCUT2D eigenvalue weighted by molar-refractivity contribution is 5.07. The molecule has 0 aromatic carbocycles. The molecule has 0 aromatic heterocycles. The summed E-state index contributed by atoms with van der Waals surface area (Å²) in [5.74, 6) is 1.05. The molecule has 1 N–H and O–H groups in total. The van der Waals surface area contributed by atoms with Gasteiger partial charge in [0.05, 0.1) is 0 Å². The third-order valence-corrected chi connectivity index (χ3v) is 3.16. The van der Waals surface area contributed by atoms with Gasteiger partial charge in [0.25, 0.3) is 0 Å². The number of hydrogen-bond acceptors (Lipinski definition) is 1. The first-order chi connectivity index (χ1) is 4.37. The molecule has 0 aromatic rings. The minimum atomic E-state index is 0.878. The molecular weight excluding hydrogens is 110 g/mol. The molecule has 0 heterocycles. The van der Waals surface area contributed by atoms with Gasteiger partial charge >= 0.3 is 0 Å². The Morgan fingerprint density at radius 1 is 1.56 bits per heavy atom. The molecule has 9 heavy (non-hydrogen) atoms. The van der Waals surface area contributed by atoms with Crippen LogP contribution < -0.4 is 5.32 Å². The summed E-state index contributed by atoms with van der Waals surface area (Å²) in [6, 6.07) is 0. The molecule has 0 saturated heterocycles. The van der Waals surface area contributed by atoms with Crippen molar-refractivity contribution >= 4 is 0 Å². The maximum absolute atomic E-state index is 3.25. The van der Waals surface area contributed by atoms with Crippen molar-refractivity contribution in [2.24, 2.45) is 11.3 Å². The van der Waals surface area contributed by atoms with Gasteiger partial charge in [0.2, 0.25) is 0 Å². The van der Waals surface area contributed by atoms with Crippen LogP contribution in [0.25, 0.3) is 0 Å². The summed E-state index contributed by atoms with van der Waals surface area (Å²) >= 11 is 0. The normalized spacial score (nSPS) is 36.3. The van der Waals surface area contributed by atoms with E-state index in [2.05, 4.69) is 12.4 Å². The Morgan fingerprint density at radius 2 is 2.33 bits per heavy atom. The minimum Gasteiger partial charge on any atom is -0.319 e. The van der Waals surface area contributed by atoms with Crippen molar-refractivity contribution in [3.63, 3.8) is 0 Å². The van der Waals surface area contributed by atoms with E-state index in [9.17, 15) is 0 Å². The van der Waals surface area contributed by atoms with Crippen molar-refractivity contribution in [1.29, 1.82) is 0 Å². The lowest BCUT2D eigenvalue weighted by molar-refractivity contribution is 0.257. The molecule has 1 spiro atoms. The minimum absolute atomic E-state index is 0.878. The summed E-state index contributed by atoms with van der Waals surface area (Å²) in [5, 5.41) is 3.25. The smallest absolute Gasteiger partial charge is 0.00180 e. The van der Waals surface area contributed by atoms with Crippen LogP contribution >= 0.6 is 0 Å². The Balaban J connectivity index is 1.80. The molecule has 2 rings (SSSR count). The number of rotatable bonds is 2. The second kappa shape index (κ2) is 1.72. The van der Waals surface area contributed by atoms with Crippen LogP contribution in [0.5, 0.6) is 0 Å². The van der Waals surface area contributed by atoms with Gasteiger partial charge in [0.1, 0.15) is 0 Å². The zero-order valence-electron chi connectivity index (χ0n) is 6.11. The molecule has 2 saturated carbocycles. The van der Waals surface area contributed by atoms with E-state index in [1.54, 1.807) is 0 Å². The van der Waals surface area contributed by atoms with Crippen LogP contribution in [0.15, 0.2) is 0 Å². The molecule has 0 aliphatic heterocycles.